The second kappa shape index (κ2) is 6.06. The number of hydrogen-bond acceptors (Lipinski definition) is 4. The second-order valence-corrected chi connectivity index (χ2v) is 5.22. The van der Waals surface area contributed by atoms with Gasteiger partial charge in [-0.1, -0.05) is 19.9 Å². The van der Waals surface area contributed by atoms with Crippen molar-refractivity contribution in [3.63, 3.8) is 0 Å². The van der Waals surface area contributed by atoms with Crippen molar-refractivity contribution in [1.82, 2.24) is 9.78 Å². The van der Waals surface area contributed by atoms with Crippen molar-refractivity contribution in [2.75, 3.05) is 0 Å². The molecule has 0 spiro atoms. The predicted molar refractivity (Wildman–Crippen MR) is 81.4 cm³/mol. The van der Waals surface area contributed by atoms with E-state index in [1.165, 1.54) is 4.68 Å². The molecule has 0 amide bonds. The highest BCUT2D eigenvalue weighted by Crippen LogP contribution is 2.30. The Labute approximate surface area is 130 Å². The zero-order valence-electron chi connectivity index (χ0n) is 11.6. The van der Waals surface area contributed by atoms with Gasteiger partial charge in [-0.05, 0) is 40.9 Å². The Morgan fingerprint density at radius 1 is 1.43 bits per heavy atom. The van der Waals surface area contributed by atoms with Crippen LogP contribution in [0.3, 0.4) is 0 Å². The lowest BCUT2D eigenvalue weighted by atomic mass is 10.1. The second-order valence-electron chi connectivity index (χ2n) is 4.36. The molecule has 0 atom stereocenters. The maximum absolute atomic E-state index is 11.3. The lowest BCUT2D eigenvalue weighted by Crippen LogP contribution is -2.05. The van der Waals surface area contributed by atoms with E-state index in [0.29, 0.717) is 40.0 Å². The van der Waals surface area contributed by atoms with Crippen molar-refractivity contribution < 1.29 is 4.92 Å². The van der Waals surface area contributed by atoms with E-state index in [1.807, 2.05) is 13.8 Å². The van der Waals surface area contributed by atoms with Gasteiger partial charge in [-0.2, -0.15) is 10.4 Å². The summed E-state index contributed by atoms with van der Waals surface area (Å²) >= 11 is 3.32. The zero-order chi connectivity index (χ0) is 15.6. The molecule has 0 fully saturated rings. The standard InChI is InChI=1S/C14H13BrN4O2/c1-3-11-14(19(20)21)12(4-2)18(17-11)13-7-5-6-10(15)9(13)8-16/h5-7H,3-4H2,1-2H3. The Morgan fingerprint density at radius 3 is 2.67 bits per heavy atom. The van der Waals surface area contributed by atoms with Gasteiger partial charge in [0.25, 0.3) is 0 Å². The van der Waals surface area contributed by atoms with Crippen LogP contribution in [0.1, 0.15) is 30.8 Å². The molecule has 6 nitrogen and oxygen atoms in total. The Bertz CT molecular complexity index is 746. The van der Waals surface area contributed by atoms with E-state index in [0.717, 1.165) is 0 Å². The summed E-state index contributed by atoms with van der Waals surface area (Å²) in [5.41, 5.74) is 1.94. The fourth-order valence-electron chi connectivity index (χ4n) is 2.26. The molecule has 0 aliphatic heterocycles. The van der Waals surface area contributed by atoms with Gasteiger partial charge < -0.3 is 0 Å². The van der Waals surface area contributed by atoms with E-state index >= 15 is 0 Å². The van der Waals surface area contributed by atoms with Gasteiger partial charge in [0.2, 0.25) is 0 Å². The van der Waals surface area contributed by atoms with Crippen molar-refractivity contribution in [2.24, 2.45) is 0 Å². The van der Waals surface area contributed by atoms with Crippen LogP contribution in [0, 0.1) is 21.4 Å². The summed E-state index contributed by atoms with van der Waals surface area (Å²) < 4.78 is 2.15. The maximum Gasteiger partial charge on any atom is 0.313 e. The van der Waals surface area contributed by atoms with Crippen molar-refractivity contribution in [2.45, 2.75) is 26.7 Å². The molecule has 7 heteroatoms. The normalized spacial score (nSPS) is 10.4. The molecular formula is C14H13BrN4O2. The zero-order valence-corrected chi connectivity index (χ0v) is 13.2. The van der Waals surface area contributed by atoms with Gasteiger partial charge >= 0.3 is 5.69 Å². The molecule has 2 aromatic rings. The molecule has 1 aromatic heterocycles. The largest absolute Gasteiger partial charge is 0.313 e. The summed E-state index contributed by atoms with van der Waals surface area (Å²) in [7, 11) is 0. The average Bonchev–Trinajstić information content (AvgIpc) is 2.85. The molecule has 2 rings (SSSR count). The van der Waals surface area contributed by atoms with Crippen LogP contribution in [0.4, 0.5) is 5.69 Å². The molecule has 0 aliphatic rings. The molecule has 0 aliphatic carbocycles. The lowest BCUT2D eigenvalue weighted by Gasteiger charge is -2.08. The minimum absolute atomic E-state index is 0.0452. The third-order valence-electron chi connectivity index (χ3n) is 3.21. The van der Waals surface area contributed by atoms with Gasteiger partial charge in [0, 0.05) is 4.47 Å². The van der Waals surface area contributed by atoms with Crippen LogP contribution in [0.2, 0.25) is 0 Å². The first-order valence-electron chi connectivity index (χ1n) is 6.49. The molecule has 0 saturated carbocycles. The summed E-state index contributed by atoms with van der Waals surface area (Å²) in [5, 5.41) is 25.0. The summed E-state index contributed by atoms with van der Waals surface area (Å²) in [4.78, 5) is 10.9. The SMILES string of the molecule is CCc1nn(-c2cccc(Br)c2C#N)c(CC)c1[N+](=O)[O-]. The van der Waals surface area contributed by atoms with Crippen molar-refractivity contribution in [3.8, 4) is 11.8 Å². The minimum Gasteiger partial charge on any atom is -0.258 e. The summed E-state index contributed by atoms with van der Waals surface area (Å²) in [5.74, 6) is 0. The lowest BCUT2D eigenvalue weighted by molar-refractivity contribution is -0.386. The molecule has 0 radical (unpaired) electrons. The third kappa shape index (κ3) is 2.54. The smallest absolute Gasteiger partial charge is 0.258 e. The fraction of sp³-hybridized carbons (Fsp3) is 0.286. The first-order valence-corrected chi connectivity index (χ1v) is 7.28. The molecule has 0 saturated heterocycles. The Morgan fingerprint density at radius 2 is 2.14 bits per heavy atom. The third-order valence-corrected chi connectivity index (χ3v) is 3.87. The van der Waals surface area contributed by atoms with Gasteiger partial charge in [0.15, 0.2) is 0 Å². The monoisotopic (exact) mass is 348 g/mol. The molecular weight excluding hydrogens is 336 g/mol. The van der Waals surface area contributed by atoms with Crippen LogP contribution in [0.5, 0.6) is 0 Å². The molecule has 21 heavy (non-hydrogen) atoms. The number of benzene rings is 1. The van der Waals surface area contributed by atoms with Crippen LogP contribution in [0.25, 0.3) is 5.69 Å². The van der Waals surface area contributed by atoms with Crippen molar-refractivity contribution in [3.05, 3.63) is 49.7 Å². The summed E-state index contributed by atoms with van der Waals surface area (Å²) in [6.45, 7) is 3.66. The first-order chi connectivity index (χ1) is 10.0. The number of aryl methyl sites for hydroxylation is 1. The van der Waals surface area contributed by atoms with Crippen molar-refractivity contribution in [1.29, 1.82) is 5.26 Å². The van der Waals surface area contributed by atoms with Crippen LogP contribution >= 0.6 is 15.9 Å². The molecule has 0 unspecified atom stereocenters. The average molecular weight is 349 g/mol. The van der Waals surface area contributed by atoms with E-state index in [2.05, 4.69) is 27.1 Å². The topological polar surface area (TPSA) is 84.8 Å². The van der Waals surface area contributed by atoms with Crippen LogP contribution < -0.4 is 0 Å². The quantitative estimate of drug-likeness (QED) is 0.624. The molecule has 1 heterocycles. The Balaban J connectivity index is 2.80. The van der Waals surface area contributed by atoms with Gasteiger partial charge in [0.1, 0.15) is 17.5 Å². The van der Waals surface area contributed by atoms with E-state index < -0.39 is 4.92 Å². The van der Waals surface area contributed by atoms with Crippen LogP contribution in [-0.2, 0) is 12.8 Å². The number of aromatic nitrogens is 2. The summed E-state index contributed by atoms with van der Waals surface area (Å²) in [6.07, 6.45) is 0.924. The Hall–Kier alpha value is -2.20. The van der Waals surface area contributed by atoms with E-state index in [4.69, 9.17) is 0 Å². The van der Waals surface area contributed by atoms with Gasteiger partial charge in [-0.25, -0.2) is 4.68 Å². The molecule has 108 valence electrons. The highest BCUT2D eigenvalue weighted by Gasteiger charge is 2.27. The van der Waals surface area contributed by atoms with E-state index in [9.17, 15) is 15.4 Å². The number of nitriles is 1. The van der Waals surface area contributed by atoms with Crippen LogP contribution in [0.15, 0.2) is 22.7 Å². The number of hydrogen-bond donors (Lipinski definition) is 0. The summed E-state index contributed by atoms with van der Waals surface area (Å²) in [6, 6.07) is 7.38. The minimum atomic E-state index is -0.398. The van der Waals surface area contributed by atoms with Crippen molar-refractivity contribution >= 4 is 21.6 Å². The molecule has 0 bridgehead atoms. The van der Waals surface area contributed by atoms with E-state index in [1.54, 1.807) is 18.2 Å². The van der Waals surface area contributed by atoms with Gasteiger partial charge in [0.05, 0.1) is 16.2 Å². The Kier molecular flexibility index (Phi) is 4.38. The van der Waals surface area contributed by atoms with Crippen LogP contribution in [-0.4, -0.2) is 14.7 Å². The maximum atomic E-state index is 11.3. The fourth-order valence-corrected chi connectivity index (χ4v) is 2.71. The molecule has 1 aromatic carbocycles. The highest BCUT2D eigenvalue weighted by molar-refractivity contribution is 9.10. The number of nitro groups is 1. The highest BCUT2D eigenvalue weighted by atomic mass is 79.9. The first kappa shape index (κ1) is 15.2. The van der Waals surface area contributed by atoms with E-state index in [-0.39, 0.29) is 5.69 Å². The number of halogens is 1. The number of rotatable bonds is 4. The van der Waals surface area contributed by atoms with Gasteiger partial charge in [-0.15, -0.1) is 0 Å². The predicted octanol–water partition coefficient (Wildman–Crippen LogP) is 3.54. The molecule has 0 N–H and O–H groups in total. The number of nitrogens with zero attached hydrogens (tertiary/aromatic N) is 4. The van der Waals surface area contributed by atoms with Gasteiger partial charge in [-0.3, -0.25) is 10.1 Å².